The van der Waals surface area contributed by atoms with Crippen LogP contribution >= 0.6 is 22.7 Å². The summed E-state index contributed by atoms with van der Waals surface area (Å²) in [7, 11) is 2.12. The second kappa shape index (κ2) is 7.12. The molecule has 5 rings (SSSR count). The lowest BCUT2D eigenvalue weighted by Crippen LogP contribution is -2.33. The van der Waals surface area contributed by atoms with Gasteiger partial charge in [0.2, 0.25) is 0 Å². The summed E-state index contributed by atoms with van der Waals surface area (Å²) in [5, 5.41) is 3.81. The molecule has 3 aromatic heterocycles. The molecule has 0 bridgehead atoms. The van der Waals surface area contributed by atoms with Crippen molar-refractivity contribution < 1.29 is 8.78 Å². The molecule has 4 nitrogen and oxygen atoms in total. The summed E-state index contributed by atoms with van der Waals surface area (Å²) in [5.41, 5.74) is 3.41. The average Bonchev–Trinajstić information content (AvgIpc) is 3.34. The number of anilines is 2. The lowest BCUT2D eigenvalue weighted by atomic mass is 10.00. The monoisotopic (exact) mass is 428 g/mol. The second-order valence-corrected chi connectivity index (χ2v) is 9.08. The van der Waals surface area contributed by atoms with E-state index in [1.54, 1.807) is 23.6 Å². The summed E-state index contributed by atoms with van der Waals surface area (Å²) < 4.78 is 29.9. The summed E-state index contributed by atoms with van der Waals surface area (Å²) in [4.78, 5) is 12.8. The minimum Gasteiger partial charge on any atom is -0.350 e. The van der Waals surface area contributed by atoms with Crippen molar-refractivity contribution in [1.82, 2.24) is 14.9 Å². The first-order valence-corrected chi connectivity index (χ1v) is 11.0. The maximum absolute atomic E-state index is 14.9. The molecule has 1 aromatic carbocycles. The minimum absolute atomic E-state index is 0.180. The SMILES string of the molecule is C[C@H]1C(c2cc3c(Nc4c(F)cc5scnc5c4F)ccnc3s2)=CCCN1C. The van der Waals surface area contributed by atoms with E-state index in [1.807, 2.05) is 0 Å². The van der Waals surface area contributed by atoms with E-state index in [1.165, 1.54) is 28.5 Å². The molecule has 148 valence electrons. The molecule has 4 heterocycles. The van der Waals surface area contributed by atoms with Crippen molar-refractivity contribution in [3.05, 3.63) is 52.5 Å². The first kappa shape index (κ1) is 18.6. The molecule has 4 aromatic rings. The number of hydrogen-bond donors (Lipinski definition) is 1. The fourth-order valence-electron chi connectivity index (χ4n) is 3.70. The third-order valence-corrected chi connectivity index (χ3v) is 7.32. The number of aromatic nitrogens is 2. The second-order valence-electron chi connectivity index (χ2n) is 7.16. The Morgan fingerprint density at radius 1 is 1.24 bits per heavy atom. The minimum atomic E-state index is -0.674. The van der Waals surface area contributed by atoms with Gasteiger partial charge in [0.15, 0.2) is 11.6 Å². The van der Waals surface area contributed by atoms with Gasteiger partial charge in [-0.1, -0.05) is 6.08 Å². The molecule has 1 N–H and O–H groups in total. The number of fused-ring (bicyclic) bond motifs is 2. The highest BCUT2D eigenvalue weighted by Crippen LogP contribution is 2.39. The number of benzene rings is 1. The molecule has 1 atom stereocenters. The van der Waals surface area contributed by atoms with Gasteiger partial charge in [-0.3, -0.25) is 4.90 Å². The molecule has 0 saturated heterocycles. The number of halogens is 2. The van der Waals surface area contributed by atoms with Gasteiger partial charge in [-0.05, 0) is 44.2 Å². The van der Waals surface area contributed by atoms with Gasteiger partial charge in [-0.25, -0.2) is 18.7 Å². The molecular weight excluding hydrogens is 410 g/mol. The zero-order valence-electron chi connectivity index (χ0n) is 15.9. The lowest BCUT2D eigenvalue weighted by Gasteiger charge is -2.30. The Morgan fingerprint density at radius 2 is 2.10 bits per heavy atom. The summed E-state index contributed by atoms with van der Waals surface area (Å²) in [6, 6.07) is 5.44. The van der Waals surface area contributed by atoms with E-state index in [2.05, 4.69) is 46.3 Å². The first-order valence-electron chi connectivity index (χ1n) is 9.30. The number of nitrogens with zero attached hydrogens (tertiary/aromatic N) is 3. The topological polar surface area (TPSA) is 41.1 Å². The van der Waals surface area contributed by atoms with Crippen molar-refractivity contribution in [2.24, 2.45) is 0 Å². The van der Waals surface area contributed by atoms with Crippen LogP contribution in [0, 0.1) is 11.6 Å². The van der Waals surface area contributed by atoms with Gasteiger partial charge < -0.3 is 5.32 Å². The largest absolute Gasteiger partial charge is 0.350 e. The molecular formula is C21H18F2N4S2. The van der Waals surface area contributed by atoms with Crippen LogP contribution in [0.3, 0.4) is 0 Å². The van der Waals surface area contributed by atoms with Crippen LogP contribution in [0.2, 0.25) is 0 Å². The highest BCUT2D eigenvalue weighted by atomic mass is 32.1. The van der Waals surface area contributed by atoms with Crippen LogP contribution in [-0.4, -0.2) is 34.5 Å². The zero-order chi connectivity index (χ0) is 20.1. The van der Waals surface area contributed by atoms with E-state index < -0.39 is 11.6 Å². The van der Waals surface area contributed by atoms with Crippen LogP contribution in [0.1, 0.15) is 18.2 Å². The predicted molar refractivity (Wildman–Crippen MR) is 117 cm³/mol. The van der Waals surface area contributed by atoms with Crippen molar-refractivity contribution >= 4 is 60.1 Å². The fraction of sp³-hybridized carbons (Fsp3) is 0.238. The predicted octanol–water partition coefficient (Wildman–Crippen LogP) is 6.04. The molecule has 0 aliphatic carbocycles. The van der Waals surface area contributed by atoms with Gasteiger partial charge in [0.1, 0.15) is 16.0 Å². The molecule has 0 fully saturated rings. The van der Waals surface area contributed by atoms with E-state index >= 15 is 0 Å². The van der Waals surface area contributed by atoms with E-state index in [-0.39, 0.29) is 11.2 Å². The summed E-state index contributed by atoms with van der Waals surface area (Å²) in [6.45, 7) is 3.23. The Kier molecular flexibility index (Phi) is 4.57. The Morgan fingerprint density at radius 3 is 2.97 bits per heavy atom. The van der Waals surface area contributed by atoms with Gasteiger partial charge >= 0.3 is 0 Å². The lowest BCUT2D eigenvalue weighted by molar-refractivity contribution is 0.300. The molecule has 0 radical (unpaired) electrons. The number of thiazole rings is 1. The van der Waals surface area contributed by atoms with Gasteiger partial charge in [0.05, 0.1) is 15.9 Å². The third-order valence-electron chi connectivity index (χ3n) is 5.46. The normalized spacial score (nSPS) is 17.8. The summed E-state index contributed by atoms with van der Waals surface area (Å²) in [6.07, 6.45) is 4.94. The Hall–Kier alpha value is -2.42. The van der Waals surface area contributed by atoms with E-state index in [9.17, 15) is 8.78 Å². The molecule has 0 unspecified atom stereocenters. The van der Waals surface area contributed by atoms with Crippen molar-refractivity contribution in [2.75, 3.05) is 18.9 Å². The summed E-state index contributed by atoms with van der Waals surface area (Å²) >= 11 is 2.82. The molecule has 0 amide bonds. The Balaban J connectivity index is 1.58. The van der Waals surface area contributed by atoms with Crippen LogP contribution in [0.4, 0.5) is 20.2 Å². The van der Waals surface area contributed by atoms with E-state index in [4.69, 9.17) is 0 Å². The highest BCUT2D eigenvalue weighted by Gasteiger charge is 2.22. The van der Waals surface area contributed by atoms with Gasteiger partial charge in [0, 0.05) is 29.0 Å². The van der Waals surface area contributed by atoms with Crippen LogP contribution < -0.4 is 5.32 Å². The van der Waals surface area contributed by atoms with Gasteiger partial charge in [0.25, 0.3) is 0 Å². The molecule has 29 heavy (non-hydrogen) atoms. The number of pyridine rings is 1. The number of hydrogen-bond acceptors (Lipinski definition) is 6. The Labute approximate surface area is 174 Å². The van der Waals surface area contributed by atoms with Crippen LogP contribution in [0.15, 0.2) is 36.0 Å². The molecule has 1 aliphatic rings. The Bertz CT molecular complexity index is 1260. The summed E-state index contributed by atoms with van der Waals surface area (Å²) in [5.74, 6) is -1.31. The van der Waals surface area contributed by atoms with Crippen molar-refractivity contribution in [3.63, 3.8) is 0 Å². The van der Waals surface area contributed by atoms with Crippen LogP contribution in [-0.2, 0) is 0 Å². The number of thiophene rings is 1. The first-order chi connectivity index (χ1) is 14.0. The van der Waals surface area contributed by atoms with Gasteiger partial charge in [-0.2, -0.15) is 0 Å². The van der Waals surface area contributed by atoms with Crippen LogP contribution in [0.25, 0.3) is 26.0 Å². The van der Waals surface area contributed by atoms with Crippen molar-refractivity contribution in [2.45, 2.75) is 19.4 Å². The molecule has 0 spiro atoms. The van der Waals surface area contributed by atoms with E-state index in [0.717, 1.165) is 28.1 Å². The van der Waals surface area contributed by atoms with Crippen molar-refractivity contribution in [1.29, 1.82) is 0 Å². The molecule has 1 aliphatic heterocycles. The van der Waals surface area contributed by atoms with Crippen molar-refractivity contribution in [3.8, 4) is 0 Å². The van der Waals surface area contributed by atoms with Gasteiger partial charge in [-0.15, -0.1) is 22.7 Å². The fourth-order valence-corrected chi connectivity index (χ4v) is 5.55. The maximum atomic E-state index is 14.9. The maximum Gasteiger partial charge on any atom is 0.176 e. The number of rotatable bonds is 3. The van der Waals surface area contributed by atoms with Crippen LogP contribution in [0.5, 0.6) is 0 Å². The highest BCUT2D eigenvalue weighted by molar-refractivity contribution is 7.19. The van der Waals surface area contributed by atoms with E-state index in [0.29, 0.717) is 16.4 Å². The number of nitrogens with one attached hydrogen (secondary N) is 1. The zero-order valence-corrected chi connectivity index (χ0v) is 17.5. The molecule has 8 heteroatoms. The smallest absolute Gasteiger partial charge is 0.176 e. The number of likely N-dealkylation sites (N-methyl/N-ethyl adjacent to an activating group) is 1. The molecule has 0 saturated carbocycles. The quantitative estimate of drug-likeness (QED) is 0.432. The third kappa shape index (κ3) is 3.11. The average molecular weight is 429 g/mol. The standard InChI is InChI=1S/C21H18F2N4S2/c1-11-12(4-3-7-27(11)2)16-8-13-15(5-6-24-21(13)29-16)26-19-14(22)9-17-20(18(19)23)25-10-28-17/h4-6,8-11H,3,7H2,1-2H3,(H,24,26)/t11-/m0/s1.